The fourth-order valence-corrected chi connectivity index (χ4v) is 3.97. The summed E-state index contributed by atoms with van der Waals surface area (Å²) in [5, 5.41) is 7.52. The molecule has 1 fully saturated rings. The second-order valence-corrected chi connectivity index (χ2v) is 7.28. The molecule has 1 aliphatic rings. The van der Waals surface area contributed by atoms with Gasteiger partial charge in [-0.1, -0.05) is 22.7 Å². The molecule has 3 aromatic rings. The molecule has 1 saturated heterocycles. The zero-order chi connectivity index (χ0) is 18.8. The minimum Gasteiger partial charge on any atom is -0.497 e. The number of carbonyl (C=O) groups is 2. The first-order chi connectivity index (χ1) is 13.2. The van der Waals surface area contributed by atoms with Crippen LogP contribution in [0.2, 0.25) is 0 Å². The van der Waals surface area contributed by atoms with Crippen molar-refractivity contribution in [1.82, 2.24) is 14.5 Å². The molecule has 1 atom stereocenters. The number of piperidine rings is 1. The van der Waals surface area contributed by atoms with E-state index in [9.17, 15) is 9.59 Å². The number of methoxy groups -OCH3 is 1. The van der Waals surface area contributed by atoms with Gasteiger partial charge < -0.3 is 9.64 Å². The van der Waals surface area contributed by atoms with Gasteiger partial charge in [-0.05, 0) is 53.3 Å². The summed E-state index contributed by atoms with van der Waals surface area (Å²) in [6.07, 6.45) is 1.60. The van der Waals surface area contributed by atoms with Crippen molar-refractivity contribution in [3.63, 3.8) is 0 Å². The number of hydrogen-bond donors (Lipinski definition) is 0. The predicted molar refractivity (Wildman–Crippen MR) is 103 cm³/mol. The fraction of sp³-hybridized carbons (Fsp3) is 0.300. The van der Waals surface area contributed by atoms with Crippen LogP contribution < -0.4 is 4.74 Å². The van der Waals surface area contributed by atoms with E-state index in [4.69, 9.17) is 4.74 Å². The Morgan fingerprint density at radius 2 is 2.00 bits per heavy atom. The number of amides is 1. The third-order valence-electron chi connectivity index (χ3n) is 4.99. The molecule has 1 aliphatic heterocycles. The molecule has 2 aromatic carbocycles. The Morgan fingerprint density at radius 3 is 2.78 bits per heavy atom. The zero-order valence-electron chi connectivity index (χ0n) is 14.9. The van der Waals surface area contributed by atoms with Crippen molar-refractivity contribution in [1.29, 1.82) is 0 Å². The maximum absolute atomic E-state index is 13.0. The summed E-state index contributed by atoms with van der Waals surface area (Å²) in [5.74, 6) is 0.540. The van der Waals surface area contributed by atoms with Crippen LogP contribution in [0.25, 0.3) is 10.8 Å². The molecule has 0 radical (unpaired) electrons. The summed E-state index contributed by atoms with van der Waals surface area (Å²) in [4.78, 5) is 27.3. The van der Waals surface area contributed by atoms with Gasteiger partial charge in [0.05, 0.1) is 7.11 Å². The average molecular weight is 381 g/mol. The molecule has 27 heavy (non-hydrogen) atoms. The molecule has 0 spiro atoms. The molecule has 2 heterocycles. The van der Waals surface area contributed by atoms with E-state index in [0.29, 0.717) is 24.3 Å². The molecular weight excluding hydrogens is 362 g/mol. The van der Waals surface area contributed by atoms with Crippen LogP contribution in [-0.4, -0.2) is 46.4 Å². The van der Waals surface area contributed by atoms with Crippen LogP contribution >= 0.6 is 11.5 Å². The summed E-state index contributed by atoms with van der Waals surface area (Å²) < 4.78 is 9.00. The number of ketones is 1. The second-order valence-electron chi connectivity index (χ2n) is 6.67. The molecule has 0 unspecified atom stereocenters. The van der Waals surface area contributed by atoms with E-state index in [1.807, 2.05) is 36.4 Å². The first-order valence-electron chi connectivity index (χ1n) is 8.84. The highest BCUT2D eigenvalue weighted by Crippen LogP contribution is 2.26. The fourth-order valence-electron chi connectivity index (χ4n) is 3.54. The summed E-state index contributed by atoms with van der Waals surface area (Å²) in [7, 11) is 1.64. The third kappa shape index (κ3) is 3.55. The quantitative estimate of drug-likeness (QED) is 0.648. The summed E-state index contributed by atoms with van der Waals surface area (Å²) >= 11 is 1.16. The van der Waals surface area contributed by atoms with Gasteiger partial charge in [0, 0.05) is 30.0 Å². The monoisotopic (exact) mass is 381 g/mol. The molecule has 0 aliphatic carbocycles. The van der Waals surface area contributed by atoms with Crippen LogP contribution in [0, 0.1) is 5.92 Å². The Hall–Kier alpha value is -2.80. The molecule has 1 amide bonds. The van der Waals surface area contributed by atoms with Crippen molar-refractivity contribution >= 4 is 34.0 Å². The third-order valence-corrected chi connectivity index (χ3v) is 5.50. The number of likely N-dealkylation sites (tertiary alicyclic amines) is 1. The lowest BCUT2D eigenvalue weighted by Gasteiger charge is -2.31. The number of carbonyl (C=O) groups excluding carboxylic acids is 2. The molecule has 1 aromatic heterocycles. The number of nitrogens with zero attached hydrogens (tertiary/aromatic N) is 3. The van der Waals surface area contributed by atoms with Gasteiger partial charge in [-0.15, -0.1) is 5.10 Å². The van der Waals surface area contributed by atoms with Gasteiger partial charge in [0.2, 0.25) is 0 Å². The van der Waals surface area contributed by atoms with Crippen molar-refractivity contribution in [3.8, 4) is 5.75 Å². The van der Waals surface area contributed by atoms with Gasteiger partial charge in [-0.3, -0.25) is 9.59 Å². The second kappa shape index (κ2) is 7.44. The number of benzene rings is 2. The number of fused-ring (bicyclic) bond motifs is 1. The van der Waals surface area contributed by atoms with Crippen LogP contribution in [0.15, 0.2) is 41.8 Å². The molecule has 138 valence electrons. The number of hydrogen-bond acceptors (Lipinski definition) is 6. The first-order valence-corrected chi connectivity index (χ1v) is 9.68. The lowest BCUT2D eigenvalue weighted by molar-refractivity contribution is 0.0632. The lowest BCUT2D eigenvalue weighted by atomic mass is 9.89. The topological polar surface area (TPSA) is 72.4 Å². The van der Waals surface area contributed by atoms with Crippen molar-refractivity contribution < 1.29 is 14.3 Å². The smallest absolute Gasteiger partial charge is 0.275 e. The zero-order valence-corrected chi connectivity index (χ0v) is 15.7. The standard InChI is InChI=1S/C20H19N3O3S/c1-26-17-7-6-13-9-15(5-4-14(13)10-17)19(24)16-3-2-8-23(11-16)20(25)18-12-27-22-21-18/h4-7,9-10,12,16H,2-3,8,11H2,1H3/t16-/m0/s1. The number of rotatable bonds is 4. The lowest BCUT2D eigenvalue weighted by Crippen LogP contribution is -2.42. The highest BCUT2D eigenvalue weighted by Gasteiger charge is 2.30. The van der Waals surface area contributed by atoms with E-state index in [1.165, 1.54) is 0 Å². The van der Waals surface area contributed by atoms with Gasteiger partial charge >= 0.3 is 0 Å². The van der Waals surface area contributed by atoms with Gasteiger partial charge in [0.1, 0.15) is 5.75 Å². The van der Waals surface area contributed by atoms with Crippen molar-refractivity contribution in [3.05, 3.63) is 53.0 Å². The van der Waals surface area contributed by atoms with Crippen LogP contribution in [0.4, 0.5) is 0 Å². The molecule has 4 rings (SSSR count). The van der Waals surface area contributed by atoms with E-state index < -0.39 is 0 Å². The molecule has 6 nitrogen and oxygen atoms in total. The van der Waals surface area contributed by atoms with Crippen molar-refractivity contribution in [2.75, 3.05) is 20.2 Å². The Morgan fingerprint density at radius 1 is 1.19 bits per heavy atom. The Balaban J connectivity index is 1.53. The molecule has 0 N–H and O–H groups in total. The Kier molecular flexibility index (Phi) is 4.85. The first kappa shape index (κ1) is 17.6. The van der Waals surface area contributed by atoms with Gasteiger partial charge in [0.25, 0.3) is 5.91 Å². The maximum atomic E-state index is 13.0. The van der Waals surface area contributed by atoms with E-state index in [1.54, 1.807) is 17.4 Å². The highest BCUT2D eigenvalue weighted by atomic mass is 32.1. The number of aromatic nitrogens is 2. The predicted octanol–water partition coefficient (Wildman–Crippen LogP) is 3.44. The Bertz CT molecular complexity index is 987. The number of Topliss-reactive ketones (excluding diaryl/α,β-unsaturated/α-hetero) is 1. The molecule has 7 heteroatoms. The van der Waals surface area contributed by atoms with Gasteiger partial charge in [-0.25, -0.2) is 0 Å². The van der Waals surface area contributed by atoms with Crippen LogP contribution in [0.5, 0.6) is 5.75 Å². The summed E-state index contributed by atoms with van der Waals surface area (Å²) in [5.41, 5.74) is 1.04. The van der Waals surface area contributed by atoms with E-state index in [0.717, 1.165) is 40.9 Å². The minimum atomic E-state index is -0.190. The largest absolute Gasteiger partial charge is 0.497 e. The molecule has 0 bridgehead atoms. The van der Waals surface area contributed by atoms with Crippen molar-refractivity contribution in [2.24, 2.45) is 5.92 Å². The van der Waals surface area contributed by atoms with Crippen LogP contribution in [-0.2, 0) is 0 Å². The molecular formula is C20H19N3O3S. The van der Waals surface area contributed by atoms with Crippen molar-refractivity contribution in [2.45, 2.75) is 12.8 Å². The van der Waals surface area contributed by atoms with Gasteiger partial charge in [-0.2, -0.15) is 0 Å². The average Bonchev–Trinajstić information content (AvgIpc) is 3.27. The Labute approximate surface area is 160 Å². The van der Waals surface area contributed by atoms with E-state index in [2.05, 4.69) is 9.59 Å². The van der Waals surface area contributed by atoms with E-state index >= 15 is 0 Å². The maximum Gasteiger partial charge on any atom is 0.275 e. The number of ether oxygens (including phenoxy) is 1. The summed E-state index contributed by atoms with van der Waals surface area (Å²) in [6.45, 7) is 1.08. The van der Waals surface area contributed by atoms with E-state index in [-0.39, 0.29) is 17.6 Å². The minimum absolute atomic E-state index is 0.0848. The van der Waals surface area contributed by atoms with Gasteiger partial charge in [0.15, 0.2) is 11.5 Å². The highest BCUT2D eigenvalue weighted by molar-refractivity contribution is 7.03. The normalized spacial score (nSPS) is 17.1. The van der Waals surface area contributed by atoms with Crippen LogP contribution in [0.1, 0.15) is 33.7 Å². The SMILES string of the molecule is COc1ccc2cc(C(=O)[C@H]3CCCN(C(=O)c4csnn4)C3)ccc2c1. The van der Waals surface area contributed by atoms with Crippen LogP contribution in [0.3, 0.4) is 0 Å². The summed E-state index contributed by atoms with van der Waals surface area (Å²) in [6, 6.07) is 11.5. The molecule has 0 saturated carbocycles.